The van der Waals surface area contributed by atoms with Crippen LogP contribution in [0.25, 0.3) is 28.0 Å². The van der Waals surface area contributed by atoms with Gasteiger partial charge in [-0.1, -0.05) is 26.5 Å². The van der Waals surface area contributed by atoms with Crippen molar-refractivity contribution in [2.75, 3.05) is 24.5 Å². The van der Waals surface area contributed by atoms with E-state index in [-0.39, 0.29) is 59.1 Å². The van der Waals surface area contributed by atoms with Crippen LogP contribution in [0.4, 0.5) is 14.6 Å². The van der Waals surface area contributed by atoms with Gasteiger partial charge in [-0.05, 0) is 55.7 Å². The minimum atomic E-state index is -1.12. The van der Waals surface area contributed by atoms with Crippen LogP contribution < -0.4 is 15.3 Å². The number of aromatic nitrogens is 4. The van der Waals surface area contributed by atoms with Crippen molar-refractivity contribution in [2.24, 2.45) is 0 Å². The van der Waals surface area contributed by atoms with Crippen molar-refractivity contribution in [1.82, 2.24) is 19.4 Å². The summed E-state index contributed by atoms with van der Waals surface area (Å²) in [5.74, 6) is -3.15. The molecule has 0 saturated carbocycles. The van der Waals surface area contributed by atoms with Gasteiger partial charge >= 0.3 is 11.3 Å². The van der Waals surface area contributed by atoms with Crippen LogP contribution in [0.3, 0.4) is 0 Å². The molecule has 1 aliphatic heterocycles. The molecule has 1 saturated heterocycles. The highest BCUT2D eigenvalue weighted by Gasteiger charge is 2.34. The monoisotopic (exact) mass is 576 g/mol. The summed E-state index contributed by atoms with van der Waals surface area (Å²) in [7, 11) is 0. The van der Waals surface area contributed by atoms with E-state index in [9.17, 15) is 24.3 Å². The number of carbonyl (C=O) groups excluding carboxylic acids is 1. The number of nitrogens with zero attached hydrogens (tertiary/aromatic N) is 6. The molecular formula is C30H30F2N6O4. The van der Waals surface area contributed by atoms with Gasteiger partial charge in [0.15, 0.2) is 23.0 Å². The maximum Gasteiger partial charge on any atom is 0.442 e. The van der Waals surface area contributed by atoms with Crippen molar-refractivity contribution in [2.45, 2.75) is 39.7 Å². The Kier molecular flexibility index (Phi) is 7.40. The second kappa shape index (κ2) is 10.8. The predicted molar refractivity (Wildman–Crippen MR) is 154 cm³/mol. The van der Waals surface area contributed by atoms with E-state index in [1.54, 1.807) is 29.0 Å². The Morgan fingerprint density at radius 3 is 2.62 bits per heavy atom. The van der Waals surface area contributed by atoms with Gasteiger partial charge in [0, 0.05) is 31.9 Å². The molecule has 5 rings (SSSR count). The number of carbonyl (C=O) groups is 1. The lowest BCUT2D eigenvalue weighted by atomic mass is 10.0. The number of halogens is 2. The summed E-state index contributed by atoms with van der Waals surface area (Å²) < 4.78 is 32.1. The second-order valence-corrected chi connectivity index (χ2v) is 10.6. The van der Waals surface area contributed by atoms with Crippen LogP contribution in [-0.4, -0.2) is 56.1 Å². The number of amides is 1. The Bertz CT molecular complexity index is 1790. The molecule has 218 valence electrons. The van der Waals surface area contributed by atoms with Crippen molar-refractivity contribution < 1.29 is 23.4 Å². The smallest absolute Gasteiger partial charge is 0.442 e. The highest BCUT2D eigenvalue weighted by molar-refractivity contribution is 5.89. The fourth-order valence-corrected chi connectivity index (χ4v) is 5.51. The first-order chi connectivity index (χ1) is 20.0. The third-order valence-electron chi connectivity index (χ3n) is 7.52. The van der Waals surface area contributed by atoms with Gasteiger partial charge in [-0.15, -0.1) is 4.57 Å². The summed E-state index contributed by atoms with van der Waals surface area (Å²) in [6.45, 7) is 11.6. The van der Waals surface area contributed by atoms with Gasteiger partial charge in [-0.25, -0.2) is 18.3 Å². The predicted octanol–water partition coefficient (Wildman–Crippen LogP) is 3.72. The van der Waals surface area contributed by atoms with Crippen LogP contribution in [0.1, 0.15) is 37.9 Å². The third kappa shape index (κ3) is 4.62. The number of aryl methyl sites for hydroxylation is 1. The molecule has 3 aromatic heterocycles. The van der Waals surface area contributed by atoms with Crippen LogP contribution >= 0.6 is 0 Å². The van der Waals surface area contributed by atoms with Gasteiger partial charge in [-0.2, -0.15) is 4.98 Å². The largest absolute Gasteiger partial charge is 0.710 e. The number of aromatic hydroxyl groups is 1. The molecule has 1 fully saturated rings. The number of hydrogen-bond acceptors (Lipinski definition) is 7. The molecule has 4 heterocycles. The van der Waals surface area contributed by atoms with Crippen LogP contribution in [-0.2, 0) is 4.79 Å². The Labute approximate surface area is 240 Å². The summed E-state index contributed by atoms with van der Waals surface area (Å²) in [6, 6.07) is 5.70. The van der Waals surface area contributed by atoms with E-state index in [4.69, 9.17) is 0 Å². The van der Waals surface area contributed by atoms with E-state index >= 15 is 4.39 Å². The van der Waals surface area contributed by atoms with Gasteiger partial charge < -0.3 is 20.1 Å². The summed E-state index contributed by atoms with van der Waals surface area (Å²) in [5, 5.41) is 24.6. The van der Waals surface area contributed by atoms with E-state index in [0.717, 1.165) is 22.8 Å². The standard InChI is InChI=1S/C30H30F2N6O4/c1-6-23(40)35-12-13-36(18(5)15-35)28-19-14-21(32)27(24-20(31)8-7-9-22(24)39)38(42)29(19)37(30(41)34-28)26-17(4)10-11-33-25(26)16(2)3/h6-11,14,16,18,39H,1,12-13,15H2,2-5H3/t18-/m0/s1. The fourth-order valence-electron chi connectivity index (χ4n) is 5.51. The molecule has 1 atom stereocenters. The molecule has 1 amide bonds. The normalized spacial score (nSPS) is 15.5. The summed E-state index contributed by atoms with van der Waals surface area (Å²) in [5.41, 5.74) is -1.15. The Morgan fingerprint density at radius 2 is 1.98 bits per heavy atom. The molecular weight excluding hydrogens is 546 g/mol. The molecule has 42 heavy (non-hydrogen) atoms. The second-order valence-electron chi connectivity index (χ2n) is 10.6. The number of hydrogen-bond donors (Lipinski definition) is 1. The van der Waals surface area contributed by atoms with Crippen LogP contribution in [0, 0.1) is 23.8 Å². The molecule has 0 bridgehead atoms. The van der Waals surface area contributed by atoms with Crippen LogP contribution in [0.15, 0.2) is 54.0 Å². The van der Waals surface area contributed by atoms with Crippen LogP contribution in [0.2, 0.25) is 0 Å². The first kappa shape index (κ1) is 28.7. The number of anilines is 1. The van der Waals surface area contributed by atoms with Crippen molar-refractivity contribution in [1.29, 1.82) is 0 Å². The van der Waals surface area contributed by atoms with E-state index < -0.39 is 34.3 Å². The molecule has 0 aliphatic carbocycles. The Morgan fingerprint density at radius 1 is 1.24 bits per heavy atom. The first-order valence-corrected chi connectivity index (χ1v) is 13.5. The Balaban J connectivity index is 1.88. The fraction of sp³-hybridized carbons (Fsp3) is 0.300. The van der Waals surface area contributed by atoms with Crippen molar-refractivity contribution in [3.63, 3.8) is 0 Å². The summed E-state index contributed by atoms with van der Waals surface area (Å²) in [6.07, 6.45) is 2.80. The molecule has 1 aliphatic rings. The highest BCUT2D eigenvalue weighted by atomic mass is 19.1. The molecule has 12 heteroatoms. The van der Waals surface area contributed by atoms with Crippen molar-refractivity contribution >= 4 is 22.8 Å². The average Bonchev–Trinajstić information content (AvgIpc) is 2.94. The van der Waals surface area contributed by atoms with E-state index in [1.807, 2.05) is 20.8 Å². The first-order valence-electron chi connectivity index (χ1n) is 13.5. The Hall–Kier alpha value is -4.87. The van der Waals surface area contributed by atoms with Gasteiger partial charge in [0.1, 0.15) is 22.5 Å². The average molecular weight is 577 g/mol. The number of phenolic OH excluding ortho intramolecular Hbond substituents is 1. The van der Waals surface area contributed by atoms with Crippen LogP contribution in [0.5, 0.6) is 5.75 Å². The minimum Gasteiger partial charge on any atom is -0.710 e. The molecule has 0 unspecified atom stereocenters. The topological polar surface area (TPSA) is 119 Å². The molecule has 10 nitrogen and oxygen atoms in total. The van der Waals surface area contributed by atoms with Crippen molar-refractivity contribution in [3.05, 3.63) is 87.8 Å². The number of pyridine rings is 2. The number of fused-ring (bicyclic) bond motifs is 1. The maximum absolute atomic E-state index is 15.9. The zero-order chi connectivity index (χ0) is 30.5. The van der Waals surface area contributed by atoms with E-state index in [0.29, 0.717) is 16.9 Å². The van der Waals surface area contributed by atoms with Gasteiger partial charge in [0.2, 0.25) is 5.91 Å². The maximum atomic E-state index is 15.9. The summed E-state index contributed by atoms with van der Waals surface area (Å²) >= 11 is 0. The lowest BCUT2D eigenvalue weighted by Crippen LogP contribution is -2.54. The zero-order valence-corrected chi connectivity index (χ0v) is 23.6. The summed E-state index contributed by atoms with van der Waals surface area (Å²) in [4.78, 5) is 38.3. The highest BCUT2D eigenvalue weighted by Crippen LogP contribution is 2.35. The van der Waals surface area contributed by atoms with E-state index in [2.05, 4.69) is 16.5 Å². The van der Waals surface area contributed by atoms with Gasteiger partial charge in [0.25, 0.3) is 0 Å². The number of benzene rings is 1. The molecule has 0 spiro atoms. The van der Waals surface area contributed by atoms with Gasteiger partial charge in [0.05, 0.1) is 5.69 Å². The third-order valence-corrected chi connectivity index (χ3v) is 7.52. The van der Waals surface area contributed by atoms with Gasteiger partial charge in [-0.3, -0.25) is 9.78 Å². The zero-order valence-electron chi connectivity index (χ0n) is 23.6. The molecule has 0 radical (unpaired) electrons. The molecule has 4 aromatic rings. The number of rotatable bonds is 5. The number of phenols is 1. The molecule has 1 aromatic carbocycles. The van der Waals surface area contributed by atoms with E-state index in [1.165, 1.54) is 12.1 Å². The lowest BCUT2D eigenvalue weighted by Gasteiger charge is -2.40. The lowest BCUT2D eigenvalue weighted by molar-refractivity contribution is -0.569. The number of piperazine rings is 1. The SMILES string of the molecule is C=CC(=O)N1CCN(c2nc(=O)n(-c3c(C)ccnc3C(C)C)c3c2cc(F)c(-c2c(O)cccc2F)[n+]3[O-])[C@@H](C)C1. The molecule has 1 N–H and O–H groups in total. The minimum absolute atomic E-state index is 0.00464. The quantitative estimate of drug-likeness (QED) is 0.219. The van der Waals surface area contributed by atoms with Crippen molar-refractivity contribution in [3.8, 4) is 22.7 Å².